The van der Waals surface area contributed by atoms with Crippen LogP contribution in [0.4, 0.5) is 65.9 Å². The zero-order valence-electron chi connectivity index (χ0n) is 13.4. The first-order valence-corrected chi connectivity index (χ1v) is 6.48. The van der Waals surface area contributed by atoms with Gasteiger partial charge < -0.3 is 4.74 Å². The van der Waals surface area contributed by atoms with Crippen molar-refractivity contribution in [1.29, 1.82) is 0 Å². The molecule has 0 bridgehead atoms. The Bertz CT molecular complexity index is 652. The predicted octanol–water partition coefficient (Wildman–Crippen LogP) is 5.48. The van der Waals surface area contributed by atoms with E-state index in [1.165, 1.54) is 0 Å². The molecule has 0 heterocycles. The van der Waals surface area contributed by atoms with Crippen LogP contribution in [0.3, 0.4) is 0 Å². The van der Waals surface area contributed by atoms with Gasteiger partial charge in [-0.3, -0.25) is 0 Å². The van der Waals surface area contributed by atoms with Crippen LogP contribution in [-0.2, 0) is 9.53 Å². The van der Waals surface area contributed by atoms with E-state index >= 15 is 0 Å². The monoisotopic (exact) mass is 468 g/mol. The van der Waals surface area contributed by atoms with E-state index in [1.54, 1.807) is 0 Å². The van der Waals surface area contributed by atoms with E-state index in [1.807, 2.05) is 0 Å². The van der Waals surface area contributed by atoms with Crippen molar-refractivity contribution in [2.75, 3.05) is 6.67 Å². The fourth-order valence-corrected chi connectivity index (χ4v) is 1.36. The van der Waals surface area contributed by atoms with E-state index in [4.69, 9.17) is 0 Å². The van der Waals surface area contributed by atoms with Crippen molar-refractivity contribution in [3.8, 4) is 0 Å². The van der Waals surface area contributed by atoms with Gasteiger partial charge in [0.15, 0.2) is 6.67 Å². The molecule has 0 saturated heterocycles. The minimum Gasteiger partial charge on any atom is -0.393 e. The lowest BCUT2D eigenvalue weighted by atomic mass is 9.91. The molecule has 0 spiro atoms. The van der Waals surface area contributed by atoms with Crippen LogP contribution in [0.15, 0.2) is 12.2 Å². The standard InChI is InChI=1S/C12H7F15O2/c1-4(2)5(28)29-12(26,27)11(24,25)10(22,23)9(20,21)8(18,19)7(16,17)6(14,15)3-13/h1,3H2,2H3. The number of carbonyl (C=O) groups is 1. The van der Waals surface area contributed by atoms with Crippen LogP contribution in [0.2, 0.25) is 0 Å². The summed E-state index contributed by atoms with van der Waals surface area (Å²) in [4.78, 5) is 10.7. The van der Waals surface area contributed by atoms with Gasteiger partial charge in [-0.1, -0.05) is 6.58 Å². The first kappa shape index (κ1) is 27.2. The molecule has 0 atom stereocenters. The molecule has 17 heteroatoms. The second kappa shape index (κ2) is 7.14. The highest BCUT2D eigenvalue weighted by molar-refractivity contribution is 5.87. The number of alkyl halides is 15. The van der Waals surface area contributed by atoms with Crippen molar-refractivity contribution in [3.63, 3.8) is 0 Å². The van der Waals surface area contributed by atoms with E-state index in [0.717, 1.165) is 0 Å². The van der Waals surface area contributed by atoms with Crippen molar-refractivity contribution in [2.24, 2.45) is 0 Å². The van der Waals surface area contributed by atoms with E-state index in [9.17, 15) is 70.7 Å². The van der Waals surface area contributed by atoms with Gasteiger partial charge >= 0.3 is 47.6 Å². The Balaban J connectivity index is 6.52. The Hall–Kier alpha value is -1.84. The SMILES string of the molecule is C=C(C)C(=O)OC(F)(F)C(F)(F)C(F)(F)C(F)(F)C(F)(F)C(F)(F)C(F)(F)CF. The van der Waals surface area contributed by atoms with Crippen molar-refractivity contribution < 1.29 is 75.4 Å². The molecule has 0 aliphatic carbocycles. The predicted molar refractivity (Wildman–Crippen MR) is 61.5 cm³/mol. The van der Waals surface area contributed by atoms with E-state index in [2.05, 4.69) is 11.3 Å². The number of hydrogen-bond donors (Lipinski definition) is 0. The van der Waals surface area contributed by atoms with Gasteiger partial charge in [0.2, 0.25) is 0 Å². The van der Waals surface area contributed by atoms with Gasteiger partial charge in [-0.2, -0.15) is 61.5 Å². The maximum absolute atomic E-state index is 13.3. The molecule has 0 unspecified atom stereocenters. The molecule has 29 heavy (non-hydrogen) atoms. The molecule has 0 aliphatic heterocycles. The summed E-state index contributed by atoms with van der Waals surface area (Å²) < 4.78 is 197. The van der Waals surface area contributed by atoms with Crippen LogP contribution in [-0.4, -0.2) is 54.3 Å². The summed E-state index contributed by atoms with van der Waals surface area (Å²) in [5.41, 5.74) is -1.21. The first-order chi connectivity index (χ1) is 12.4. The first-order valence-electron chi connectivity index (χ1n) is 6.48. The van der Waals surface area contributed by atoms with Crippen molar-refractivity contribution >= 4 is 5.97 Å². The molecule has 0 aliphatic rings. The quantitative estimate of drug-likeness (QED) is 0.255. The third-order valence-corrected chi connectivity index (χ3v) is 3.14. The van der Waals surface area contributed by atoms with Gasteiger partial charge in [-0.05, 0) is 6.92 Å². The van der Waals surface area contributed by atoms with E-state index < -0.39 is 59.9 Å². The summed E-state index contributed by atoms with van der Waals surface area (Å²) >= 11 is 0. The number of carbonyl (C=O) groups excluding carboxylic acids is 1. The molecular formula is C12H7F15O2. The molecule has 0 aromatic carbocycles. The third kappa shape index (κ3) is 3.71. The molecule has 0 rings (SSSR count). The Morgan fingerprint density at radius 2 is 1.00 bits per heavy atom. The van der Waals surface area contributed by atoms with Gasteiger partial charge in [0.1, 0.15) is 0 Å². The highest BCUT2D eigenvalue weighted by Gasteiger charge is 2.93. The topological polar surface area (TPSA) is 26.3 Å². The number of rotatable bonds is 9. The average Bonchev–Trinajstić information content (AvgIpc) is 2.52. The smallest absolute Gasteiger partial charge is 0.393 e. The van der Waals surface area contributed by atoms with E-state index in [0.29, 0.717) is 6.92 Å². The van der Waals surface area contributed by atoms with Gasteiger partial charge in [0.25, 0.3) is 0 Å². The van der Waals surface area contributed by atoms with Gasteiger partial charge in [0, 0.05) is 5.57 Å². The lowest BCUT2D eigenvalue weighted by molar-refractivity contribution is -0.460. The number of esters is 1. The Morgan fingerprint density at radius 3 is 1.31 bits per heavy atom. The summed E-state index contributed by atoms with van der Waals surface area (Å²) in [5, 5.41) is 0. The van der Waals surface area contributed by atoms with Crippen LogP contribution < -0.4 is 0 Å². The number of halogens is 15. The zero-order chi connectivity index (χ0) is 24.1. The highest BCUT2D eigenvalue weighted by Crippen LogP contribution is 2.62. The minimum absolute atomic E-state index is 0.455. The second-order valence-electron chi connectivity index (χ2n) is 5.40. The molecule has 172 valence electrons. The van der Waals surface area contributed by atoms with E-state index in [-0.39, 0.29) is 0 Å². The Morgan fingerprint density at radius 1 is 0.690 bits per heavy atom. The normalized spacial score (nSPS) is 15.3. The molecule has 0 N–H and O–H groups in total. The maximum atomic E-state index is 13.3. The van der Waals surface area contributed by atoms with Crippen LogP contribution in [0.5, 0.6) is 0 Å². The van der Waals surface area contributed by atoms with Crippen molar-refractivity contribution in [2.45, 2.75) is 48.6 Å². The fraction of sp³-hybridized carbons (Fsp3) is 0.750. The summed E-state index contributed by atoms with van der Waals surface area (Å²) in [7, 11) is 0. The van der Waals surface area contributed by atoms with Crippen LogP contribution >= 0.6 is 0 Å². The van der Waals surface area contributed by atoms with Crippen LogP contribution in [0, 0.1) is 0 Å². The fourth-order valence-electron chi connectivity index (χ4n) is 1.36. The van der Waals surface area contributed by atoms with Crippen LogP contribution in [0.1, 0.15) is 6.92 Å². The number of hydrogen-bond acceptors (Lipinski definition) is 2. The molecule has 2 nitrogen and oxygen atoms in total. The third-order valence-electron chi connectivity index (χ3n) is 3.14. The largest absolute Gasteiger partial charge is 0.473 e. The molecule has 0 aromatic heterocycles. The van der Waals surface area contributed by atoms with Gasteiger partial charge in [-0.15, -0.1) is 0 Å². The lowest BCUT2D eigenvalue weighted by Gasteiger charge is -2.41. The van der Waals surface area contributed by atoms with Crippen molar-refractivity contribution in [3.05, 3.63) is 12.2 Å². The van der Waals surface area contributed by atoms with Crippen molar-refractivity contribution in [1.82, 2.24) is 0 Å². The minimum atomic E-state index is -8.36. The summed E-state index contributed by atoms with van der Waals surface area (Å²) in [5.74, 6) is -49.9. The lowest BCUT2D eigenvalue weighted by Crippen LogP contribution is -2.73. The molecule has 0 aromatic rings. The number of ether oxygens (including phenoxy) is 1. The molecule has 0 fully saturated rings. The molecule has 0 amide bonds. The maximum Gasteiger partial charge on any atom is 0.473 e. The van der Waals surface area contributed by atoms with Gasteiger partial charge in [-0.25, -0.2) is 9.18 Å². The zero-order valence-corrected chi connectivity index (χ0v) is 13.4. The average molecular weight is 468 g/mol. The summed E-state index contributed by atoms with van der Waals surface area (Å²) in [6.07, 6.45) is -7.05. The Kier molecular flexibility index (Phi) is 6.69. The highest BCUT2D eigenvalue weighted by atomic mass is 19.4. The summed E-state index contributed by atoms with van der Waals surface area (Å²) in [6.45, 7) is -0.878. The molecule has 0 radical (unpaired) electrons. The van der Waals surface area contributed by atoms with Crippen LogP contribution in [0.25, 0.3) is 0 Å². The Labute approximate surface area is 150 Å². The van der Waals surface area contributed by atoms with Gasteiger partial charge in [0.05, 0.1) is 0 Å². The summed E-state index contributed by atoms with van der Waals surface area (Å²) in [6, 6.07) is 0. The molecule has 0 saturated carbocycles. The molecular weight excluding hydrogens is 461 g/mol. The second-order valence-corrected chi connectivity index (χ2v) is 5.40.